The minimum atomic E-state index is -0.630. The van der Waals surface area contributed by atoms with E-state index in [0.717, 1.165) is 77.9 Å². The van der Waals surface area contributed by atoms with Crippen LogP contribution in [0.2, 0.25) is 0 Å². The topological polar surface area (TPSA) is 105 Å². The molecular formula is C60H44B8N2O5. The van der Waals surface area contributed by atoms with Crippen LogP contribution in [0.25, 0.3) is 89.3 Å². The van der Waals surface area contributed by atoms with Gasteiger partial charge in [-0.15, -0.1) is 16.4 Å². The Balaban J connectivity index is 1.00. The summed E-state index contributed by atoms with van der Waals surface area (Å²) in [6.45, 7) is 12.0. The molecule has 0 saturated carbocycles. The highest BCUT2D eigenvalue weighted by molar-refractivity contribution is 6.65. The Morgan fingerprint density at radius 3 is 1.12 bits per heavy atom. The van der Waals surface area contributed by atoms with Crippen LogP contribution in [-0.4, -0.2) is 98.5 Å². The minimum Gasteiger partial charge on any atom is -0.508 e. The van der Waals surface area contributed by atoms with Crippen LogP contribution in [0.5, 0.6) is 17.2 Å². The molecule has 75 heavy (non-hydrogen) atoms. The highest BCUT2D eigenvalue weighted by atomic mass is 16.7. The fourth-order valence-electron chi connectivity index (χ4n) is 9.77. The van der Waals surface area contributed by atoms with Gasteiger partial charge in [-0.25, -0.2) is 0 Å². The number of nitrogens with zero attached hydrogens (tertiary/aromatic N) is 2. The molecule has 0 bridgehead atoms. The number of aromatic nitrogens is 2. The van der Waals surface area contributed by atoms with Gasteiger partial charge in [-0.2, -0.15) is 0 Å². The second-order valence-corrected chi connectivity index (χ2v) is 20.1. The van der Waals surface area contributed by atoms with Crippen LogP contribution in [-0.2, 0) is 9.31 Å². The Morgan fingerprint density at radius 2 is 0.720 bits per heavy atom. The van der Waals surface area contributed by atoms with Crippen molar-refractivity contribution in [3.63, 3.8) is 0 Å². The molecule has 0 atom stereocenters. The Hall–Kier alpha value is -7.32. The van der Waals surface area contributed by atoms with E-state index in [-0.39, 0.29) is 61.1 Å². The van der Waals surface area contributed by atoms with Gasteiger partial charge in [0.1, 0.15) is 72.2 Å². The molecule has 15 heteroatoms. The molecule has 0 aliphatic carbocycles. The van der Waals surface area contributed by atoms with Crippen LogP contribution in [0.4, 0.5) is 0 Å². The normalized spacial score (nSPS) is 13.8. The summed E-state index contributed by atoms with van der Waals surface area (Å²) in [5.74, 6) is -0.955. The van der Waals surface area contributed by atoms with Crippen LogP contribution in [0.1, 0.15) is 38.8 Å². The van der Waals surface area contributed by atoms with E-state index in [9.17, 15) is 15.3 Å². The number of hydrogen-bond acceptors (Lipinski definition) is 7. The van der Waals surface area contributed by atoms with E-state index in [1.54, 1.807) is 12.4 Å². The highest BCUT2D eigenvalue weighted by Crippen LogP contribution is 2.42. The predicted octanol–water partition coefficient (Wildman–Crippen LogP) is 5.40. The summed E-state index contributed by atoms with van der Waals surface area (Å²) >= 11 is 0. The number of pyridine rings is 2. The molecule has 0 unspecified atom stereocenters. The number of hydrogen-bond donors (Lipinski definition) is 3. The van der Waals surface area contributed by atoms with E-state index >= 15 is 0 Å². The highest BCUT2D eigenvalue weighted by Gasteiger charge is 2.52. The molecule has 9 aromatic rings. The lowest BCUT2D eigenvalue weighted by Crippen LogP contribution is -2.48. The van der Waals surface area contributed by atoms with Gasteiger partial charge in [0, 0.05) is 40.2 Å². The van der Waals surface area contributed by atoms with Crippen molar-refractivity contribution in [2.75, 3.05) is 0 Å². The molecular weight excluding hydrogens is 915 g/mol. The van der Waals surface area contributed by atoms with Crippen molar-refractivity contribution < 1.29 is 24.6 Å². The lowest BCUT2D eigenvalue weighted by Gasteiger charge is -2.32. The van der Waals surface area contributed by atoms with E-state index in [1.165, 1.54) is 0 Å². The third kappa shape index (κ3) is 9.04. The molecule has 1 fully saturated rings. The molecule has 348 valence electrons. The second-order valence-electron chi connectivity index (χ2n) is 20.1. The SMILES string of the molecule is [B]c1c([B])c([B])c(-c2cnc(-c3ccc(-c4ccccc4-c4cc(B5OC(C)(C)C(C)(C)O5)cc(-c5ccccc5-c5ccc(-c6cc(C)c(-c7c(O)c([B])c([B])c([B])c7O)cn6)cc5)c4)cc3)cc2C)c(O)c1[B]. The van der Waals surface area contributed by atoms with Crippen LogP contribution in [0.3, 0.4) is 0 Å². The number of benzene rings is 7. The quantitative estimate of drug-likeness (QED) is 0.167. The summed E-state index contributed by atoms with van der Waals surface area (Å²) in [6.07, 6.45) is 3.24. The monoisotopic (exact) mass is 960 g/mol. The predicted molar refractivity (Wildman–Crippen MR) is 313 cm³/mol. The largest absolute Gasteiger partial charge is 0.508 e. The Bertz CT molecular complexity index is 3470. The lowest BCUT2D eigenvalue weighted by atomic mass is 9.64. The van der Waals surface area contributed by atoms with Gasteiger partial charge >= 0.3 is 7.12 Å². The van der Waals surface area contributed by atoms with Gasteiger partial charge in [-0.1, -0.05) is 131 Å². The number of phenolic OH excluding ortho intramolecular Hbond substituents is 3. The molecule has 14 radical (unpaired) electrons. The Labute approximate surface area is 448 Å². The first-order valence-corrected chi connectivity index (χ1v) is 24.3. The maximum atomic E-state index is 10.9. The molecule has 7 nitrogen and oxygen atoms in total. The maximum absolute atomic E-state index is 10.9. The van der Waals surface area contributed by atoms with Gasteiger partial charge in [-0.3, -0.25) is 9.97 Å². The fourth-order valence-corrected chi connectivity index (χ4v) is 9.77. The summed E-state index contributed by atoms with van der Waals surface area (Å²) in [4.78, 5) is 9.48. The number of rotatable bonds is 9. The second kappa shape index (κ2) is 19.4. The van der Waals surface area contributed by atoms with Crippen molar-refractivity contribution in [2.24, 2.45) is 0 Å². The molecule has 7 aromatic carbocycles. The van der Waals surface area contributed by atoms with Crippen molar-refractivity contribution in [3.05, 3.63) is 151 Å². The zero-order valence-corrected chi connectivity index (χ0v) is 42.5. The zero-order valence-electron chi connectivity index (χ0n) is 42.5. The number of phenols is 3. The Kier molecular flexibility index (Phi) is 13.3. The van der Waals surface area contributed by atoms with Crippen molar-refractivity contribution in [1.82, 2.24) is 9.97 Å². The average Bonchev–Trinajstić information content (AvgIpc) is 3.64. The van der Waals surface area contributed by atoms with E-state index in [0.29, 0.717) is 22.4 Å². The number of aromatic hydroxyl groups is 3. The van der Waals surface area contributed by atoms with Gasteiger partial charge in [0.15, 0.2) is 0 Å². The molecule has 3 heterocycles. The van der Waals surface area contributed by atoms with E-state index in [2.05, 4.69) is 94.4 Å². The van der Waals surface area contributed by atoms with E-state index in [1.807, 2.05) is 74.5 Å². The van der Waals surface area contributed by atoms with Crippen LogP contribution < -0.4 is 43.7 Å². The van der Waals surface area contributed by atoms with Gasteiger partial charge in [-0.05, 0) is 121 Å². The molecule has 0 spiro atoms. The van der Waals surface area contributed by atoms with Crippen molar-refractivity contribution in [3.8, 4) is 107 Å². The average molecular weight is 960 g/mol. The first kappa shape index (κ1) is 51.2. The summed E-state index contributed by atoms with van der Waals surface area (Å²) in [5.41, 5.74) is 13.9. The molecule has 2 aromatic heterocycles. The molecule has 0 amide bonds. The lowest BCUT2D eigenvalue weighted by molar-refractivity contribution is 0.00578. The first-order valence-electron chi connectivity index (χ1n) is 24.3. The van der Waals surface area contributed by atoms with Crippen molar-refractivity contribution in [1.29, 1.82) is 0 Å². The summed E-state index contributed by atoms with van der Waals surface area (Å²) in [7, 11) is 41.9. The molecule has 10 rings (SSSR count). The van der Waals surface area contributed by atoms with Gasteiger partial charge in [0.05, 0.1) is 28.2 Å². The summed E-state index contributed by atoms with van der Waals surface area (Å²) in [5, 5.41) is 32.7. The maximum Gasteiger partial charge on any atom is 0.494 e. The summed E-state index contributed by atoms with van der Waals surface area (Å²) in [6, 6.07) is 43.5. The van der Waals surface area contributed by atoms with Gasteiger partial charge < -0.3 is 24.6 Å². The molecule has 1 aliphatic rings. The summed E-state index contributed by atoms with van der Waals surface area (Å²) < 4.78 is 13.4. The number of aryl methyl sites for hydroxylation is 2. The van der Waals surface area contributed by atoms with E-state index in [4.69, 9.17) is 74.2 Å². The van der Waals surface area contributed by atoms with Crippen molar-refractivity contribution in [2.45, 2.75) is 52.7 Å². The molecule has 3 N–H and O–H groups in total. The van der Waals surface area contributed by atoms with E-state index < -0.39 is 18.3 Å². The van der Waals surface area contributed by atoms with Crippen molar-refractivity contribution >= 4 is 106 Å². The third-order valence-electron chi connectivity index (χ3n) is 14.9. The van der Waals surface area contributed by atoms with Crippen LogP contribution in [0.15, 0.2) is 140 Å². The standard InChI is InChI=1S/C60H44B8N2O5/c1-30-23-45(69-28-43(30)47-49(61)50(62)51(63)53(65)56(47)71)34-19-15-32(16-20-34)39-11-7-9-13-41(39)36-25-37(27-38(26-36)68-74-59(3,4)60(5,6)75-68)42-14-10-8-12-40(42)33-17-21-35(22-18-33)46-24-31(2)44(29-70-46)48-57(72)54(66)52(64)55(67)58(48)73/h7-29,71-73H,1-6H3. The van der Waals surface area contributed by atoms with Crippen LogP contribution >= 0.6 is 0 Å². The smallest absolute Gasteiger partial charge is 0.494 e. The fraction of sp³-hybridized carbons (Fsp3) is 0.133. The van der Waals surface area contributed by atoms with Gasteiger partial charge in [0.2, 0.25) is 0 Å². The first-order chi connectivity index (χ1) is 35.6. The zero-order chi connectivity index (χ0) is 53.4. The molecule has 1 aliphatic heterocycles. The third-order valence-corrected chi connectivity index (χ3v) is 14.9. The van der Waals surface area contributed by atoms with Gasteiger partial charge in [0.25, 0.3) is 0 Å². The Morgan fingerprint density at radius 1 is 0.387 bits per heavy atom. The minimum absolute atomic E-state index is 0.0312. The molecule has 1 saturated heterocycles. The van der Waals surface area contributed by atoms with Crippen LogP contribution in [0, 0.1) is 13.8 Å².